The van der Waals surface area contributed by atoms with E-state index in [0.717, 1.165) is 42.8 Å². The lowest BCUT2D eigenvalue weighted by atomic mass is 10.1. The van der Waals surface area contributed by atoms with Crippen LogP contribution in [0.25, 0.3) is 0 Å². The van der Waals surface area contributed by atoms with Crippen LogP contribution >= 0.6 is 0 Å². The fraction of sp³-hybridized carbons (Fsp3) is 0.353. The Bertz CT molecular complexity index is 659. The number of hydrogen-bond donors (Lipinski definition) is 1. The topological polar surface area (TPSA) is 45.5 Å². The summed E-state index contributed by atoms with van der Waals surface area (Å²) < 4.78 is 5.40. The van der Waals surface area contributed by atoms with Gasteiger partial charge in [0, 0.05) is 23.8 Å². The van der Waals surface area contributed by atoms with E-state index in [-0.39, 0.29) is 5.91 Å². The van der Waals surface area contributed by atoms with Gasteiger partial charge in [-0.15, -0.1) is 0 Å². The van der Waals surface area contributed by atoms with Gasteiger partial charge >= 0.3 is 0 Å². The number of hydrogen-bond acceptors (Lipinski definition) is 3. The van der Waals surface area contributed by atoms with E-state index in [1.54, 1.807) is 6.26 Å². The van der Waals surface area contributed by atoms with Gasteiger partial charge in [0.05, 0.1) is 12.8 Å². The number of furan rings is 1. The highest BCUT2D eigenvalue weighted by Gasteiger charge is 2.33. The van der Waals surface area contributed by atoms with Gasteiger partial charge in [-0.2, -0.15) is 0 Å². The number of carbonyl (C=O) groups excluding carboxylic acids is 1. The van der Waals surface area contributed by atoms with Crippen molar-refractivity contribution in [3.63, 3.8) is 0 Å². The minimum absolute atomic E-state index is 0.102. The van der Waals surface area contributed by atoms with Gasteiger partial charge < -0.3 is 14.6 Å². The van der Waals surface area contributed by atoms with Crippen molar-refractivity contribution in [3.05, 3.63) is 53.5 Å². The van der Waals surface area contributed by atoms with Gasteiger partial charge in [0.1, 0.15) is 5.76 Å². The van der Waals surface area contributed by atoms with E-state index in [1.165, 1.54) is 5.56 Å². The number of benzene rings is 1. The van der Waals surface area contributed by atoms with E-state index < -0.39 is 0 Å². The van der Waals surface area contributed by atoms with E-state index in [9.17, 15) is 4.79 Å². The third-order valence-corrected chi connectivity index (χ3v) is 4.22. The fourth-order valence-electron chi connectivity index (χ4n) is 2.91. The molecule has 1 aliphatic heterocycles. The van der Waals surface area contributed by atoms with Gasteiger partial charge in [-0.3, -0.25) is 4.79 Å². The van der Waals surface area contributed by atoms with Crippen LogP contribution in [0.3, 0.4) is 0 Å². The summed E-state index contributed by atoms with van der Waals surface area (Å²) in [6, 6.07) is 10.2. The van der Waals surface area contributed by atoms with Crippen LogP contribution in [0.15, 0.2) is 41.0 Å². The summed E-state index contributed by atoms with van der Waals surface area (Å²) in [5.41, 5.74) is 3.17. The van der Waals surface area contributed by atoms with Crippen molar-refractivity contribution >= 4 is 11.6 Å². The average Bonchev–Trinajstić information content (AvgIpc) is 3.02. The molecule has 21 heavy (non-hydrogen) atoms. The van der Waals surface area contributed by atoms with Crippen LogP contribution in [0.1, 0.15) is 34.5 Å². The number of nitrogens with zero attached hydrogens (tertiary/aromatic N) is 1. The number of rotatable bonds is 4. The molecule has 0 unspecified atom stereocenters. The number of fused-ring (bicyclic) bond motifs is 1. The lowest BCUT2D eigenvalue weighted by Gasteiger charge is -2.21. The first-order valence-corrected chi connectivity index (χ1v) is 7.51. The molecule has 1 amide bonds. The zero-order valence-corrected chi connectivity index (χ0v) is 11.8. The maximum absolute atomic E-state index is 12.8. The summed E-state index contributed by atoms with van der Waals surface area (Å²) in [6.45, 7) is 1.52. The van der Waals surface area contributed by atoms with Crippen molar-refractivity contribution in [2.45, 2.75) is 31.8 Å². The van der Waals surface area contributed by atoms with Crippen molar-refractivity contribution in [3.8, 4) is 0 Å². The highest BCUT2D eigenvalue weighted by molar-refractivity contribution is 5.95. The van der Waals surface area contributed by atoms with Crippen LogP contribution in [-0.4, -0.2) is 23.4 Å². The summed E-state index contributed by atoms with van der Waals surface area (Å²) in [4.78, 5) is 14.7. The maximum Gasteiger partial charge on any atom is 0.254 e. The smallest absolute Gasteiger partial charge is 0.254 e. The Balaban J connectivity index is 1.59. The Hall–Kier alpha value is -2.23. The normalized spacial score (nSPS) is 16.4. The van der Waals surface area contributed by atoms with Crippen molar-refractivity contribution < 1.29 is 9.21 Å². The monoisotopic (exact) mass is 282 g/mol. The number of carbonyl (C=O) groups is 1. The number of nitrogens with one attached hydrogen (secondary N) is 1. The van der Waals surface area contributed by atoms with Crippen molar-refractivity contribution in [2.24, 2.45) is 0 Å². The Labute approximate surface area is 123 Å². The van der Waals surface area contributed by atoms with Gasteiger partial charge in [-0.1, -0.05) is 6.07 Å². The first kappa shape index (κ1) is 12.5. The summed E-state index contributed by atoms with van der Waals surface area (Å²) in [7, 11) is 0. The lowest BCUT2D eigenvalue weighted by molar-refractivity contribution is 0.0717. The third kappa shape index (κ3) is 2.42. The summed E-state index contributed by atoms with van der Waals surface area (Å²) in [6.07, 6.45) is 4.89. The molecule has 4 heteroatoms. The molecule has 1 aliphatic carbocycles. The van der Waals surface area contributed by atoms with Crippen LogP contribution in [0, 0.1) is 0 Å². The summed E-state index contributed by atoms with van der Waals surface area (Å²) in [5, 5.41) is 3.34. The van der Waals surface area contributed by atoms with Crippen LogP contribution < -0.4 is 5.32 Å². The molecule has 1 saturated carbocycles. The predicted octanol–water partition coefficient (Wildman–Crippen LogP) is 3.05. The Morgan fingerprint density at radius 3 is 3.00 bits per heavy atom. The molecule has 108 valence electrons. The molecule has 1 aromatic carbocycles. The van der Waals surface area contributed by atoms with E-state index in [1.807, 2.05) is 29.2 Å². The zero-order valence-electron chi connectivity index (χ0n) is 11.8. The minimum Gasteiger partial charge on any atom is -0.467 e. The van der Waals surface area contributed by atoms with Crippen LogP contribution in [0.2, 0.25) is 0 Å². The average molecular weight is 282 g/mol. The van der Waals surface area contributed by atoms with E-state index >= 15 is 0 Å². The van der Waals surface area contributed by atoms with Gasteiger partial charge in [0.25, 0.3) is 5.91 Å². The second-order valence-electron chi connectivity index (χ2n) is 5.79. The summed E-state index contributed by atoms with van der Waals surface area (Å²) >= 11 is 0. The van der Waals surface area contributed by atoms with Gasteiger partial charge in [0.15, 0.2) is 0 Å². The largest absolute Gasteiger partial charge is 0.467 e. The van der Waals surface area contributed by atoms with E-state index in [2.05, 4.69) is 11.4 Å². The molecule has 0 radical (unpaired) electrons. The zero-order chi connectivity index (χ0) is 14.2. The van der Waals surface area contributed by atoms with Crippen molar-refractivity contribution in [1.29, 1.82) is 0 Å². The second kappa shape index (κ2) is 4.95. The second-order valence-corrected chi connectivity index (χ2v) is 5.79. The number of amides is 1. The predicted molar refractivity (Wildman–Crippen MR) is 80.2 cm³/mol. The standard InChI is InChI=1S/C17H18N2O2/c20-17(13-4-3-12-7-8-18-16(12)10-13)19(14-5-6-14)11-15-2-1-9-21-15/h1-4,9-10,14,18H,5-8,11H2. The van der Waals surface area contributed by atoms with Gasteiger partial charge in [-0.05, 0) is 49.1 Å². The molecule has 0 atom stereocenters. The fourth-order valence-corrected chi connectivity index (χ4v) is 2.91. The van der Waals surface area contributed by atoms with Gasteiger partial charge in [0.2, 0.25) is 0 Å². The van der Waals surface area contributed by atoms with E-state index in [4.69, 9.17) is 4.42 Å². The van der Waals surface area contributed by atoms with Crippen molar-refractivity contribution in [1.82, 2.24) is 4.90 Å². The highest BCUT2D eigenvalue weighted by atomic mass is 16.3. The molecule has 0 bridgehead atoms. The van der Waals surface area contributed by atoms with Crippen molar-refractivity contribution in [2.75, 3.05) is 11.9 Å². The van der Waals surface area contributed by atoms with Crippen LogP contribution in [-0.2, 0) is 13.0 Å². The molecule has 1 N–H and O–H groups in total. The molecule has 2 aliphatic rings. The van der Waals surface area contributed by atoms with E-state index in [0.29, 0.717) is 12.6 Å². The van der Waals surface area contributed by atoms with Gasteiger partial charge in [-0.25, -0.2) is 0 Å². The molecule has 0 spiro atoms. The lowest BCUT2D eigenvalue weighted by Crippen LogP contribution is -2.32. The minimum atomic E-state index is 0.102. The molecule has 2 heterocycles. The Morgan fingerprint density at radius 2 is 2.24 bits per heavy atom. The Kier molecular flexibility index (Phi) is 2.95. The van der Waals surface area contributed by atoms with Crippen LogP contribution in [0.5, 0.6) is 0 Å². The molecule has 0 saturated heterocycles. The quantitative estimate of drug-likeness (QED) is 0.937. The molecular formula is C17H18N2O2. The van der Waals surface area contributed by atoms with Crippen LogP contribution in [0.4, 0.5) is 5.69 Å². The highest BCUT2D eigenvalue weighted by Crippen LogP contribution is 2.31. The maximum atomic E-state index is 12.8. The molecule has 4 nitrogen and oxygen atoms in total. The third-order valence-electron chi connectivity index (χ3n) is 4.22. The molecular weight excluding hydrogens is 264 g/mol. The molecule has 2 aromatic rings. The Morgan fingerprint density at radius 1 is 1.33 bits per heavy atom. The SMILES string of the molecule is O=C(c1ccc2c(c1)NCC2)N(Cc1ccco1)C1CC1. The molecule has 1 aromatic heterocycles. The molecule has 1 fully saturated rings. The summed E-state index contributed by atoms with van der Waals surface area (Å²) in [5.74, 6) is 0.944. The first-order valence-electron chi connectivity index (χ1n) is 7.51. The number of anilines is 1. The molecule has 4 rings (SSSR count). The first-order chi connectivity index (χ1) is 10.3.